The van der Waals surface area contributed by atoms with Gasteiger partial charge in [0.2, 0.25) is 5.91 Å². The number of nitrogens with one attached hydrogen (secondary N) is 2. The molecule has 1 amide bonds. The molecule has 31 heavy (non-hydrogen) atoms. The fourth-order valence-electron chi connectivity index (χ4n) is 3.44. The minimum Gasteiger partial charge on any atom is -0.369 e. The van der Waals surface area contributed by atoms with Crippen LogP contribution in [0.1, 0.15) is 18.9 Å². The lowest BCUT2D eigenvalue weighted by atomic mass is 10.0. The Morgan fingerprint density at radius 2 is 1.74 bits per heavy atom. The number of carbonyl (C=O) groups excluding carboxylic acids is 1. The summed E-state index contributed by atoms with van der Waals surface area (Å²) in [4.78, 5) is 21.0. The van der Waals surface area contributed by atoms with E-state index in [9.17, 15) is 4.79 Å². The SMILES string of the molecule is CCCNc1ncnc2c1cnn2CCNC(=O)Cc1ccc(-c2ccccc2)cc1. The van der Waals surface area contributed by atoms with Crippen molar-refractivity contribution in [2.75, 3.05) is 18.4 Å². The molecular weight excluding hydrogens is 388 g/mol. The van der Waals surface area contributed by atoms with Gasteiger partial charge in [0.1, 0.15) is 12.1 Å². The standard InChI is InChI=1S/C24H26N6O/c1-2-12-26-23-21-16-29-30(24(21)28-17-27-23)14-13-25-22(31)15-18-8-10-20(11-9-18)19-6-4-3-5-7-19/h3-11,16-17H,2,12-15H2,1H3,(H,25,31)(H,26,27,28). The van der Waals surface area contributed by atoms with Crippen molar-refractivity contribution in [1.29, 1.82) is 0 Å². The monoisotopic (exact) mass is 414 g/mol. The highest BCUT2D eigenvalue weighted by atomic mass is 16.1. The molecular formula is C24H26N6O. The van der Waals surface area contributed by atoms with Crippen LogP contribution in [0.3, 0.4) is 0 Å². The first-order chi connectivity index (χ1) is 15.2. The van der Waals surface area contributed by atoms with Crippen molar-refractivity contribution in [3.63, 3.8) is 0 Å². The molecule has 0 atom stereocenters. The van der Waals surface area contributed by atoms with Gasteiger partial charge in [-0.2, -0.15) is 5.10 Å². The predicted octanol–water partition coefficient (Wildman–Crippen LogP) is 3.67. The first-order valence-electron chi connectivity index (χ1n) is 10.6. The lowest BCUT2D eigenvalue weighted by Gasteiger charge is -2.08. The summed E-state index contributed by atoms with van der Waals surface area (Å²) >= 11 is 0. The molecule has 0 spiro atoms. The van der Waals surface area contributed by atoms with E-state index in [1.807, 2.05) is 30.3 Å². The number of hydrogen-bond donors (Lipinski definition) is 2. The Morgan fingerprint density at radius 1 is 0.968 bits per heavy atom. The summed E-state index contributed by atoms with van der Waals surface area (Å²) in [6.07, 6.45) is 4.67. The highest BCUT2D eigenvalue weighted by Crippen LogP contribution is 2.20. The number of fused-ring (bicyclic) bond motifs is 1. The van der Waals surface area contributed by atoms with E-state index in [4.69, 9.17) is 0 Å². The Balaban J connectivity index is 1.30. The van der Waals surface area contributed by atoms with E-state index in [0.29, 0.717) is 19.5 Å². The third-order valence-electron chi connectivity index (χ3n) is 5.05. The highest BCUT2D eigenvalue weighted by molar-refractivity contribution is 5.86. The van der Waals surface area contributed by atoms with E-state index in [1.54, 1.807) is 10.9 Å². The van der Waals surface area contributed by atoms with Gasteiger partial charge < -0.3 is 10.6 Å². The van der Waals surface area contributed by atoms with Crippen LogP contribution in [-0.2, 0) is 17.8 Å². The van der Waals surface area contributed by atoms with Crippen molar-refractivity contribution in [3.8, 4) is 11.1 Å². The lowest BCUT2D eigenvalue weighted by Crippen LogP contribution is -2.28. The summed E-state index contributed by atoms with van der Waals surface area (Å²) in [6, 6.07) is 18.3. The van der Waals surface area contributed by atoms with E-state index in [1.165, 1.54) is 11.9 Å². The van der Waals surface area contributed by atoms with Crippen LogP contribution in [0.15, 0.2) is 67.1 Å². The molecule has 0 aliphatic carbocycles. The molecule has 2 N–H and O–H groups in total. The van der Waals surface area contributed by atoms with Gasteiger partial charge in [0.05, 0.1) is 24.5 Å². The molecule has 0 unspecified atom stereocenters. The van der Waals surface area contributed by atoms with Crippen molar-refractivity contribution >= 4 is 22.8 Å². The molecule has 2 aromatic carbocycles. The molecule has 7 heteroatoms. The van der Waals surface area contributed by atoms with Gasteiger partial charge in [0.25, 0.3) is 0 Å². The summed E-state index contributed by atoms with van der Waals surface area (Å²) in [5, 5.41) is 11.6. The number of rotatable bonds is 9. The Bertz CT molecular complexity index is 1140. The Labute approximate surface area is 181 Å². The second kappa shape index (κ2) is 9.84. The number of hydrogen-bond acceptors (Lipinski definition) is 5. The Hall–Kier alpha value is -3.74. The van der Waals surface area contributed by atoms with Gasteiger partial charge in [-0.3, -0.25) is 4.79 Å². The molecule has 0 aliphatic rings. The largest absolute Gasteiger partial charge is 0.369 e. The van der Waals surface area contributed by atoms with Crippen molar-refractivity contribution < 1.29 is 4.79 Å². The summed E-state index contributed by atoms with van der Waals surface area (Å²) in [5.74, 6) is 0.782. The minimum absolute atomic E-state index is 0.0103. The number of nitrogens with zero attached hydrogens (tertiary/aromatic N) is 4. The molecule has 0 saturated heterocycles. The number of carbonyl (C=O) groups is 1. The Morgan fingerprint density at radius 3 is 2.52 bits per heavy atom. The van der Waals surface area contributed by atoms with Crippen LogP contribution in [-0.4, -0.2) is 38.7 Å². The number of anilines is 1. The Kier molecular flexibility index (Phi) is 6.52. The molecule has 158 valence electrons. The molecule has 0 fully saturated rings. The second-order valence-electron chi connectivity index (χ2n) is 7.34. The van der Waals surface area contributed by atoms with Gasteiger partial charge in [-0.05, 0) is 23.1 Å². The van der Waals surface area contributed by atoms with Gasteiger partial charge in [-0.25, -0.2) is 14.6 Å². The fraction of sp³-hybridized carbons (Fsp3) is 0.250. The van der Waals surface area contributed by atoms with Gasteiger partial charge in [0, 0.05) is 13.1 Å². The quantitative estimate of drug-likeness (QED) is 0.436. The fourth-order valence-corrected chi connectivity index (χ4v) is 3.44. The van der Waals surface area contributed by atoms with Crippen molar-refractivity contribution in [2.24, 2.45) is 0 Å². The average molecular weight is 415 g/mol. The third-order valence-corrected chi connectivity index (χ3v) is 5.05. The maximum absolute atomic E-state index is 12.4. The van der Waals surface area contributed by atoms with Crippen molar-refractivity contribution in [1.82, 2.24) is 25.1 Å². The van der Waals surface area contributed by atoms with Crippen LogP contribution < -0.4 is 10.6 Å². The van der Waals surface area contributed by atoms with E-state index in [0.717, 1.165) is 40.9 Å². The molecule has 4 aromatic rings. The van der Waals surface area contributed by atoms with Crippen LogP contribution >= 0.6 is 0 Å². The number of amides is 1. The topological polar surface area (TPSA) is 84.7 Å². The zero-order valence-corrected chi connectivity index (χ0v) is 17.6. The zero-order valence-electron chi connectivity index (χ0n) is 17.6. The van der Waals surface area contributed by atoms with Crippen molar-refractivity contribution in [3.05, 3.63) is 72.7 Å². The van der Waals surface area contributed by atoms with Crippen LogP contribution in [0, 0.1) is 0 Å². The van der Waals surface area contributed by atoms with E-state index >= 15 is 0 Å². The molecule has 0 aliphatic heterocycles. The van der Waals surface area contributed by atoms with Gasteiger partial charge in [-0.15, -0.1) is 0 Å². The van der Waals surface area contributed by atoms with Crippen molar-refractivity contribution in [2.45, 2.75) is 26.3 Å². The smallest absolute Gasteiger partial charge is 0.224 e. The van der Waals surface area contributed by atoms with Crippen LogP contribution in [0.25, 0.3) is 22.2 Å². The lowest BCUT2D eigenvalue weighted by molar-refractivity contribution is -0.120. The highest BCUT2D eigenvalue weighted by Gasteiger charge is 2.10. The normalized spacial score (nSPS) is 10.9. The van der Waals surface area contributed by atoms with E-state index < -0.39 is 0 Å². The molecule has 7 nitrogen and oxygen atoms in total. The van der Waals surface area contributed by atoms with Crippen LogP contribution in [0.5, 0.6) is 0 Å². The molecule has 0 saturated carbocycles. The van der Waals surface area contributed by atoms with Crippen LogP contribution in [0.4, 0.5) is 5.82 Å². The zero-order chi connectivity index (χ0) is 21.5. The number of benzene rings is 2. The molecule has 0 radical (unpaired) electrons. The van der Waals surface area contributed by atoms with Gasteiger partial charge in [0.15, 0.2) is 5.65 Å². The first kappa shape index (κ1) is 20.5. The van der Waals surface area contributed by atoms with E-state index in [-0.39, 0.29) is 5.91 Å². The summed E-state index contributed by atoms with van der Waals surface area (Å²) in [6.45, 7) is 3.99. The minimum atomic E-state index is -0.0103. The molecule has 0 bridgehead atoms. The number of aromatic nitrogens is 4. The summed E-state index contributed by atoms with van der Waals surface area (Å²) < 4.78 is 1.79. The molecule has 2 aromatic heterocycles. The third kappa shape index (κ3) is 5.06. The predicted molar refractivity (Wildman–Crippen MR) is 123 cm³/mol. The maximum Gasteiger partial charge on any atom is 0.224 e. The maximum atomic E-state index is 12.4. The first-order valence-corrected chi connectivity index (χ1v) is 10.6. The van der Waals surface area contributed by atoms with Gasteiger partial charge >= 0.3 is 0 Å². The summed E-state index contributed by atoms with van der Waals surface area (Å²) in [5.41, 5.74) is 4.06. The molecule has 4 rings (SSSR count). The summed E-state index contributed by atoms with van der Waals surface area (Å²) in [7, 11) is 0. The average Bonchev–Trinajstić information content (AvgIpc) is 3.22. The molecule has 2 heterocycles. The van der Waals surface area contributed by atoms with Gasteiger partial charge in [-0.1, -0.05) is 61.5 Å². The second-order valence-corrected chi connectivity index (χ2v) is 7.34. The van der Waals surface area contributed by atoms with E-state index in [2.05, 4.69) is 56.9 Å². The van der Waals surface area contributed by atoms with Crippen LogP contribution in [0.2, 0.25) is 0 Å².